The topological polar surface area (TPSA) is 50.4 Å². The third-order valence-electron chi connectivity index (χ3n) is 2.80. The van der Waals surface area contributed by atoms with Crippen LogP contribution in [0.1, 0.15) is 30.7 Å². The predicted octanol–water partition coefficient (Wildman–Crippen LogP) is 2.25. The summed E-state index contributed by atoms with van der Waals surface area (Å²) in [7, 11) is 0. The van der Waals surface area contributed by atoms with Crippen LogP contribution in [0.2, 0.25) is 0 Å². The Balaban J connectivity index is 2.19. The van der Waals surface area contributed by atoms with E-state index in [1.165, 1.54) is 0 Å². The van der Waals surface area contributed by atoms with Crippen molar-refractivity contribution in [3.8, 4) is 0 Å². The molecule has 1 saturated carbocycles. The largest absolute Gasteiger partial charge is 0.481 e. The van der Waals surface area contributed by atoms with Crippen molar-refractivity contribution < 1.29 is 14.3 Å². The Bertz CT molecular complexity index is 289. The molecule has 1 aromatic heterocycles. The summed E-state index contributed by atoms with van der Waals surface area (Å²) in [6.45, 7) is 0. The highest BCUT2D eigenvalue weighted by Crippen LogP contribution is 2.39. The fraction of sp³-hybridized carbons (Fsp3) is 0.500. The molecule has 3 heteroatoms. The second kappa shape index (κ2) is 3.24. The first kappa shape index (κ1) is 8.35. The lowest BCUT2D eigenvalue weighted by Crippen LogP contribution is -2.16. The molecular weight excluding hydrogens is 168 g/mol. The van der Waals surface area contributed by atoms with Gasteiger partial charge in [0.05, 0.1) is 18.4 Å². The lowest BCUT2D eigenvalue weighted by atomic mass is 9.91. The molecule has 1 heterocycles. The molecule has 3 nitrogen and oxygen atoms in total. The molecule has 0 bridgehead atoms. The standard InChI is InChI=1S/C10H12O3/c11-10(12)9-3-1-2-8(9)7-4-5-13-6-7/h4-6,8-9H,1-3H2,(H,11,12). The first-order chi connectivity index (χ1) is 6.29. The quantitative estimate of drug-likeness (QED) is 0.759. The molecule has 0 aliphatic heterocycles. The Morgan fingerprint density at radius 2 is 2.38 bits per heavy atom. The molecule has 0 aromatic carbocycles. The van der Waals surface area contributed by atoms with Crippen molar-refractivity contribution in [3.05, 3.63) is 24.2 Å². The van der Waals surface area contributed by atoms with Crippen molar-refractivity contribution >= 4 is 5.97 Å². The van der Waals surface area contributed by atoms with Gasteiger partial charge in [0.15, 0.2) is 0 Å². The van der Waals surface area contributed by atoms with E-state index in [1.54, 1.807) is 12.5 Å². The maximum Gasteiger partial charge on any atom is 0.307 e. The zero-order valence-corrected chi connectivity index (χ0v) is 7.27. The van der Waals surface area contributed by atoms with Crippen LogP contribution in [-0.4, -0.2) is 11.1 Å². The Labute approximate surface area is 76.4 Å². The third-order valence-corrected chi connectivity index (χ3v) is 2.80. The molecule has 2 rings (SSSR count). The molecule has 0 saturated heterocycles. The van der Waals surface area contributed by atoms with Crippen LogP contribution in [0.15, 0.2) is 23.0 Å². The van der Waals surface area contributed by atoms with Gasteiger partial charge >= 0.3 is 5.97 Å². The van der Waals surface area contributed by atoms with Crippen LogP contribution in [0.25, 0.3) is 0 Å². The van der Waals surface area contributed by atoms with E-state index in [9.17, 15) is 4.79 Å². The lowest BCUT2D eigenvalue weighted by Gasteiger charge is -2.12. The number of hydrogen-bond donors (Lipinski definition) is 1. The summed E-state index contributed by atoms with van der Waals surface area (Å²) in [6.07, 6.45) is 6.03. The zero-order chi connectivity index (χ0) is 9.26. The minimum absolute atomic E-state index is 0.163. The van der Waals surface area contributed by atoms with Crippen molar-refractivity contribution in [2.45, 2.75) is 25.2 Å². The summed E-state index contributed by atoms with van der Waals surface area (Å²) in [5.41, 5.74) is 1.03. The summed E-state index contributed by atoms with van der Waals surface area (Å²) < 4.78 is 4.96. The van der Waals surface area contributed by atoms with E-state index in [0.29, 0.717) is 0 Å². The number of carboxylic acids is 1. The average molecular weight is 180 g/mol. The molecule has 2 atom stereocenters. The molecule has 1 N–H and O–H groups in total. The number of furan rings is 1. The highest BCUT2D eigenvalue weighted by molar-refractivity contribution is 5.71. The first-order valence-corrected chi connectivity index (χ1v) is 4.54. The van der Waals surface area contributed by atoms with Gasteiger partial charge in [-0.25, -0.2) is 0 Å². The smallest absolute Gasteiger partial charge is 0.307 e. The van der Waals surface area contributed by atoms with Crippen molar-refractivity contribution in [3.63, 3.8) is 0 Å². The summed E-state index contributed by atoms with van der Waals surface area (Å²) in [6, 6.07) is 1.87. The Hall–Kier alpha value is -1.25. The van der Waals surface area contributed by atoms with Gasteiger partial charge in [-0.3, -0.25) is 4.79 Å². The predicted molar refractivity (Wildman–Crippen MR) is 46.4 cm³/mol. The number of hydrogen-bond acceptors (Lipinski definition) is 2. The van der Waals surface area contributed by atoms with Crippen LogP contribution in [0.5, 0.6) is 0 Å². The van der Waals surface area contributed by atoms with Crippen LogP contribution in [0.4, 0.5) is 0 Å². The van der Waals surface area contributed by atoms with E-state index in [4.69, 9.17) is 9.52 Å². The number of rotatable bonds is 2. The highest BCUT2D eigenvalue weighted by Gasteiger charge is 2.34. The van der Waals surface area contributed by atoms with Gasteiger partial charge < -0.3 is 9.52 Å². The molecule has 1 aromatic rings. The molecular formula is C10H12O3. The normalized spacial score (nSPS) is 27.7. The minimum Gasteiger partial charge on any atom is -0.481 e. The fourth-order valence-electron chi connectivity index (χ4n) is 2.14. The molecule has 13 heavy (non-hydrogen) atoms. The molecule has 2 unspecified atom stereocenters. The molecule has 1 aliphatic carbocycles. The van der Waals surface area contributed by atoms with E-state index in [0.717, 1.165) is 24.8 Å². The van der Waals surface area contributed by atoms with E-state index < -0.39 is 5.97 Å². The maximum atomic E-state index is 10.9. The van der Waals surface area contributed by atoms with Gasteiger partial charge in [-0.15, -0.1) is 0 Å². The molecule has 1 aliphatic rings. The van der Waals surface area contributed by atoms with Gasteiger partial charge in [-0.05, 0) is 24.5 Å². The first-order valence-electron chi connectivity index (χ1n) is 4.54. The van der Waals surface area contributed by atoms with Crippen molar-refractivity contribution in [1.29, 1.82) is 0 Å². The third kappa shape index (κ3) is 1.46. The van der Waals surface area contributed by atoms with Crippen molar-refractivity contribution in [2.75, 3.05) is 0 Å². The average Bonchev–Trinajstić information content (AvgIpc) is 2.74. The Kier molecular flexibility index (Phi) is 2.08. The fourth-order valence-corrected chi connectivity index (χ4v) is 2.14. The number of carboxylic acid groups (broad SMARTS) is 1. The Morgan fingerprint density at radius 1 is 1.54 bits per heavy atom. The van der Waals surface area contributed by atoms with Gasteiger partial charge in [-0.2, -0.15) is 0 Å². The van der Waals surface area contributed by atoms with Gasteiger partial charge in [0.2, 0.25) is 0 Å². The molecule has 70 valence electrons. The number of aliphatic carboxylic acids is 1. The Morgan fingerprint density at radius 3 is 3.00 bits per heavy atom. The molecule has 0 amide bonds. The SMILES string of the molecule is O=C(O)C1CCCC1c1ccoc1. The van der Waals surface area contributed by atoms with Gasteiger partial charge in [0.1, 0.15) is 0 Å². The summed E-state index contributed by atoms with van der Waals surface area (Å²) in [5, 5.41) is 8.95. The van der Waals surface area contributed by atoms with Crippen LogP contribution in [0, 0.1) is 5.92 Å². The van der Waals surface area contributed by atoms with Crippen molar-refractivity contribution in [1.82, 2.24) is 0 Å². The molecule has 0 spiro atoms. The summed E-state index contributed by atoms with van der Waals surface area (Å²) in [4.78, 5) is 10.9. The lowest BCUT2D eigenvalue weighted by molar-refractivity contribution is -0.142. The second-order valence-electron chi connectivity index (χ2n) is 3.54. The van der Waals surface area contributed by atoms with Crippen LogP contribution in [0.3, 0.4) is 0 Å². The van der Waals surface area contributed by atoms with Gasteiger partial charge in [-0.1, -0.05) is 6.42 Å². The number of carbonyl (C=O) groups is 1. The van der Waals surface area contributed by atoms with E-state index in [1.807, 2.05) is 6.07 Å². The summed E-state index contributed by atoms with van der Waals surface area (Å²) in [5.74, 6) is -0.724. The van der Waals surface area contributed by atoms with Gasteiger partial charge in [0.25, 0.3) is 0 Å². The van der Waals surface area contributed by atoms with Gasteiger partial charge in [0, 0.05) is 5.92 Å². The van der Waals surface area contributed by atoms with E-state index in [-0.39, 0.29) is 11.8 Å². The monoisotopic (exact) mass is 180 g/mol. The minimum atomic E-state index is -0.677. The van der Waals surface area contributed by atoms with Crippen LogP contribution < -0.4 is 0 Å². The second-order valence-corrected chi connectivity index (χ2v) is 3.54. The maximum absolute atomic E-state index is 10.9. The summed E-state index contributed by atoms with van der Waals surface area (Å²) >= 11 is 0. The molecule has 0 radical (unpaired) electrons. The van der Waals surface area contributed by atoms with E-state index >= 15 is 0 Å². The van der Waals surface area contributed by atoms with Crippen LogP contribution in [-0.2, 0) is 4.79 Å². The van der Waals surface area contributed by atoms with Crippen molar-refractivity contribution in [2.24, 2.45) is 5.92 Å². The van der Waals surface area contributed by atoms with Crippen LogP contribution >= 0.6 is 0 Å². The zero-order valence-electron chi connectivity index (χ0n) is 7.27. The molecule has 1 fully saturated rings. The van der Waals surface area contributed by atoms with E-state index in [2.05, 4.69) is 0 Å². The highest BCUT2D eigenvalue weighted by atomic mass is 16.4.